The standard InChI is InChI=1S/C21H19FN4O5S/c1-11-23-19(26-31-11)12-5-7-13(8-6-12)24-18(20(32-4)25-21(28)30-3)14-9-16(27)17(29-2)10-15(14)22/h5-10,27H,1-4H3/b24-18?,25-20-. The van der Waals surface area contributed by atoms with Crippen LogP contribution in [0.3, 0.4) is 0 Å². The molecule has 0 aliphatic rings. The number of methoxy groups -OCH3 is 2. The molecular formula is C21H19FN4O5S. The summed E-state index contributed by atoms with van der Waals surface area (Å²) >= 11 is 1.07. The summed E-state index contributed by atoms with van der Waals surface area (Å²) in [6, 6.07) is 8.96. The number of carbonyl (C=O) groups is 1. The average molecular weight is 458 g/mol. The normalized spacial score (nSPS) is 12.0. The fourth-order valence-corrected chi connectivity index (χ4v) is 3.18. The summed E-state index contributed by atoms with van der Waals surface area (Å²) in [5, 5.41) is 14.1. The lowest BCUT2D eigenvalue weighted by Crippen LogP contribution is -2.16. The van der Waals surface area contributed by atoms with Gasteiger partial charge in [-0.2, -0.15) is 9.98 Å². The molecule has 3 rings (SSSR count). The third kappa shape index (κ3) is 5.11. The van der Waals surface area contributed by atoms with E-state index in [1.54, 1.807) is 37.4 Å². The van der Waals surface area contributed by atoms with E-state index < -0.39 is 11.9 Å². The van der Waals surface area contributed by atoms with Crippen LogP contribution in [-0.2, 0) is 4.74 Å². The number of aryl methyl sites for hydroxylation is 1. The van der Waals surface area contributed by atoms with Gasteiger partial charge < -0.3 is 19.1 Å². The largest absolute Gasteiger partial charge is 0.504 e. The number of phenols is 1. The van der Waals surface area contributed by atoms with Crippen LogP contribution in [-0.4, -0.2) is 52.6 Å². The average Bonchev–Trinajstić information content (AvgIpc) is 3.23. The molecule has 0 unspecified atom stereocenters. The van der Waals surface area contributed by atoms with Crippen LogP contribution in [0.2, 0.25) is 0 Å². The van der Waals surface area contributed by atoms with E-state index in [0.29, 0.717) is 23.0 Å². The van der Waals surface area contributed by atoms with E-state index in [1.165, 1.54) is 14.2 Å². The Morgan fingerprint density at radius 2 is 1.94 bits per heavy atom. The number of hydrogen-bond acceptors (Lipinski definition) is 9. The van der Waals surface area contributed by atoms with E-state index >= 15 is 0 Å². The maximum Gasteiger partial charge on any atom is 0.434 e. The smallest absolute Gasteiger partial charge is 0.434 e. The molecule has 1 aromatic heterocycles. The zero-order chi connectivity index (χ0) is 23.3. The van der Waals surface area contributed by atoms with Gasteiger partial charge in [-0.25, -0.2) is 14.2 Å². The van der Waals surface area contributed by atoms with Gasteiger partial charge in [-0.1, -0.05) is 5.16 Å². The molecule has 166 valence electrons. The first-order chi connectivity index (χ1) is 15.4. The van der Waals surface area contributed by atoms with E-state index in [2.05, 4.69) is 24.9 Å². The second-order valence-corrected chi connectivity index (χ2v) is 7.03. The number of benzene rings is 2. The first kappa shape index (κ1) is 22.9. The van der Waals surface area contributed by atoms with Gasteiger partial charge in [-0.15, -0.1) is 11.8 Å². The van der Waals surface area contributed by atoms with Crippen molar-refractivity contribution in [2.75, 3.05) is 20.5 Å². The van der Waals surface area contributed by atoms with Crippen LogP contribution >= 0.6 is 11.8 Å². The Bertz CT molecular complexity index is 1190. The van der Waals surface area contributed by atoms with E-state index in [4.69, 9.17) is 9.26 Å². The van der Waals surface area contributed by atoms with E-state index in [9.17, 15) is 14.3 Å². The number of carbonyl (C=O) groups excluding carboxylic acids is 1. The lowest BCUT2D eigenvalue weighted by atomic mass is 10.1. The molecule has 0 aliphatic heterocycles. The number of hydrogen-bond donors (Lipinski definition) is 1. The summed E-state index contributed by atoms with van der Waals surface area (Å²) in [4.78, 5) is 24.3. The minimum absolute atomic E-state index is 0.0292. The number of phenolic OH excluding ortho intramolecular Hbond substituents is 1. The Labute approximate surface area is 187 Å². The number of aromatic nitrogens is 2. The number of ether oxygens (including phenoxy) is 2. The van der Waals surface area contributed by atoms with Crippen LogP contribution in [0.1, 0.15) is 11.5 Å². The van der Waals surface area contributed by atoms with Gasteiger partial charge in [-0.05, 0) is 36.6 Å². The van der Waals surface area contributed by atoms with Gasteiger partial charge in [0.2, 0.25) is 11.7 Å². The number of nitrogens with zero attached hydrogens (tertiary/aromatic N) is 4. The third-order valence-electron chi connectivity index (χ3n) is 4.18. The van der Waals surface area contributed by atoms with E-state index in [1.807, 2.05) is 0 Å². The highest BCUT2D eigenvalue weighted by Crippen LogP contribution is 2.31. The van der Waals surface area contributed by atoms with Crippen LogP contribution in [0.4, 0.5) is 14.9 Å². The monoisotopic (exact) mass is 458 g/mol. The zero-order valence-electron chi connectivity index (χ0n) is 17.6. The van der Waals surface area contributed by atoms with Crippen molar-refractivity contribution in [1.82, 2.24) is 10.1 Å². The van der Waals surface area contributed by atoms with Crippen LogP contribution < -0.4 is 4.74 Å². The number of amides is 1. The minimum Gasteiger partial charge on any atom is -0.504 e. The molecule has 1 N–H and O–H groups in total. The first-order valence-corrected chi connectivity index (χ1v) is 10.4. The molecule has 0 radical (unpaired) electrons. The van der Waals surface area contributed by atoms with Gasteiger partial charge in [-0.3, -0.25) is 0 Å². The second kappa shape index (κ2) is 10.1. The first-order valence-electron chi connectivity index (χ1n) is 9.13. The topological polar surface area (TPSA) is 119 Å². The molecule has 2 aromatic carbocycles. The molecule has 0 saturated heterocycles. The van der Waals surface area contributed by atoms with Crippen LogP contribution in [0.5, 0.6) is 11.5 Å². The Kier molecular flexibility index (Phi) is 7.21. The molecule has 0 spiro atoms. The van der Waals surface area contributed by atoms with Crippen LogP contribution in [0.25, 0.3) is 11.4 Å². The van der Waals surface area contributed by atoms with Crippen molar-refractivity contribution >= 4 is 34.3 Å². The van der Waals surface area contributed by atoms with Crippen molar-refractivity contribution in [3.63, 3.8) is 0 Å². The second-order valence-electron chi connectivity index (χ2n) is 6.24. The minimum atomic E-state index is -0.872. The summed E-state index contributed by atoms with van der Waals surface area (Å²) < 4.78 is 29.4. The van der Waals surface area contributed by atoms with Crippen molar-refractivity contribution in [3.05, 3.63) is 53.7 Å². The highest BCUT2D eigenvalue weighted by molar-refractivity contribution is 8.15. The SMILES string of the molecule is COC(=O)/N=C(\SC)C(=Nc1ccc(-c2noc(C)n2)cc1)c1cc(O)c(OC)cc1F. The number of rotatable bonds is 5. The highest BCUT2D eigenvalue weighted by Gasteiger charge is 2.20. The predicted molar refractivity (Wildman–Crippen MR) is 119 cm³/mol. The molecule has 0 aliphatic carbocycles. The molecule has 0 bridgehead atoms. The fraction of sp³-hybridized carbons (Fsp3) is 0.190. The molecular weight excluding hydrogens is 439 g/mol. The summed E-state index contributed by atoms with van der Waals surface area (Å²) in [6.45, 7) is 1.69. The fourth-order valence-electron chi connectivity index (χ4n) is 2.67. The summed E-state index contributed by atoms with van der Waals surface area (Å²) in [5.74, 6) is -0.202. The van der Waals surface area contributed by atoms with Gasteiger partial charge in [0.15, 0.2) is 11.5 Å². The van der Waals surface area contributed by atoms with Crippen LogP contribution in [0.15, 0.2) is 50.9 Å². The zero-order valence-corrected chi connectivity index (χ0v) is 18.4. The molecule has 32 heavy (non-hydrogen) atoms. The number of thioether (sulfide) groups is 1. The summed E-state index contributed by atoms with van der Waals surface area (Å²) in [6.07, 6.45) is 0.781. The van der Waals surface area contributed by atoms with Crippen molar-refractivity contribution in [1.29, 1.82) is 0 Å². The molecule has 0 atom stereocenters. The van der Waals surface area contributed by atoms with Crippen molar-refractivity contribution in [2.24, 2.45) is 9.98 Å². The predicted octanol–water partition coefficient (Wildman–Crippen LogP) is 4.55. The van der Waals surface area contributed by atoms with Gasteiger partial charge >= 0.3 is 6.09 Å². The van der Waals surface area contributed by atoms with E-state index in [-0.39, 0.29) is 27.8 Å². The summed E-state index contributed by atoms with van der Waals surface area (Å²) in [7, 11) is 2.49. The molecule has 1 heterocycles. The number of halogens is 1. The van der Waals surface area contributed by atoms with Crippen molar-refractivity contribution in [3.8, 4) is 22.9 Å². The molecule has 0 fully saturated rings. The van der Waals surface area contributed by atoms with Gasteiger partial charge in [0.25, 0.3) is 0 Å². The summed E-state index contributed by atoms with van der Waals surface area (Å²) in [5.41, 5.74) is 1.09. The lowest BCUT2D eigenvalue weighted by Gasteiger charge is -2.12. The molecule has 1 amide bonds. The Morgan fingerprint density at radius 3 is 2.50 bits per heavy atom. The third-order valence-corrected chi connectivity index (χ3v) is 4.85. The molecule has 9 nitrogen and oxygen atoms in total. The highest BCUT2D eigenvalue weighted by atomic mass is 32.2. The van der Waals surface area contributed by atoms with Crippen molar-refractivity contribution < 1.29 is 28.3 Å². The van der Waals surface area contributed by atoms with Gasteiger partial charge in [0.1, 0.15) is 16.6 Å². The maximum absolute atomic E-state index is 14.9. The number of aromatic hydroxyl groups is 1. The maximum atomic E-state index is 14.9. The molecule has 3 aromatic rings. The lowest BCUT2D eigenvalue weighted by molar-refractivity contribution is 0.183. The Balaban J connectivity index is 2.12. The van der Waals surface area contributed by atoms with Gasteiger partial charge in [0.05, 0.1) is 19.9 Å². The Hall–Kier alpha value is -3.73. The van der Waals surface area contributed by atoms with Gasteiger partial charge in [0, 0.05) is 24.1 Å². The molecule has 11 heteroatoms. The Morgan fingerprint density at radius 1 is 1.22 bits per heavy atom. The van der Waals surface area contributed by atoms with Crippen LogP contribution in [0, 0.1) is 12.7 Å². The van der Waals surface area contributed by atoms with E-state index in [0.717, 1.165) is 23.9 Å². The molecule has 0 saturated carbocycles. The van der Waals surface area contributed by atoms with Crippen molar-refractivity contribution in [2.45, 2.75) is 6.92 Å². The quantitative estimate of drug-likeness (QED) is 0.437. The number of aliphatic imine (C=N–C) groups is 2.